The van der Waals surface area contributed by atoms with E-state index in [9.17, 15) is 0 Å². The zero-order chi connectivity index (χ0) is 7.40. The first-order chi connectivity index (χ1) is 4.84. The minimum atomic E-state index is 0.224. The van der Waals surface area contributed by atoms with Crippen LogP contribution in [0, 0.1) is 6.07 Å². The summed E-state index contributed by atoms with van der Waals surface area (Å²) in [7, 11) is 0. The van der Waals surface area contributed by atoms with E-state index in [0.717, 1.165) is 5.56 Å². The quantitative estimate of drug-likeness (QED) is 0.611. The van der Waals surface area contributed by atoms with Crippen molar-refractivity contribution in [2.75, 3.05) is 0 Å². The third-order valence-electron chi connectivity index (χ3n) is 1.28. The summed E-state index contributed by atoms with van der Waals surface area (Å²) >= 11 is 0. The van der Waals surface area contributed by atoms with E-state index >= 15 is 0 Å². The minimum absolute atomic E-state index is 0.224. The number of hydrogen-bond acceptors (Lipinski definition) is 1. The van der Waals surface area contributed by atoms with Crippen LogP contribution in [-0.2, 0) is 6.42 Å². The lowest BCUT2D eigenvalue weighted by Gasteiger charge is -1.97. The first kappa shape index (κ1) is 6.87. The highest BCUT2D eigenvalue weighted by Gasteiger charge is 1.94. The summed E-state index contributed by atoms with van der Waals surface area (Å²) in [6, 6.07) is 8.08. The van der Waals surface area contributed by atoms with Gasteiger partial charge in [0.15, 0.2) is 0 Å². The Bertz CT molecular complexity index is 228. The van der Waals surface area contributed by atoms with Crippen LogP contribution in [0.5, 0.6) is 5.75 Å². The SMILES string of the molecule is C=CCc1ccc[c]c1O. The predicted molar refractivity (Wildman–Crippen MR) is 40.8 cm³/mol. The topological polar surface area (TPSA) is 20.2 Å². The molecule has 10 heavy (non-hydrogen) atoms. The second-order valence-corrected chi connectivity index (χ2v) is 2.04. The van der Waals surface area contributed by atoms with Crippen LogP contribution in [-0.4, -0.2) is 5.11 Å². The van der Waals surface area contributed by atoms with Gasteiger partial charge >= 0.3 is 0 Å². The molecule has 0 amide bonds. The van der Waals surface area contributed by atoms with Gasteiger partial charge in [-0.3, -0.25) is 0 Å². The van der Waals surface area contributed by atoms with Gasteiger partial charge in [0.25, 0.3) is 0 Å². The molecule has 1 aromatic carbocycles. The van der Waals surface area contributed by atoms with Crippen molar-refractivity contribution in [2.24, 2.45) is 0 Å². The van der Waals surface area contributed by atoms with Gasteiger partial charge in [0.2, 0.25) is 0 Å². The number of phenolic OH excluding ortho intramolecular Hbond substituents is 1. The Morgan fingerprint density at radius 2 is 2.50 bits per heavy atom. The second-order valence-electron chi connectivity index (χ2n) is 2.04. The molecule has 1 rings (SSSR count). The molecular weight excluding hydrogens is 124 g/mol. The smallest absolute Gasteiger partial charge is 0.127 e. The fraction of sp³-hybridized carbons (Fsp3) is 0.111. The number of hydrogen-bond donors (Lipinski definition) is 1. The molecule has 0 bridgehead atoms. The molecule has 0 aliphatic carbocycles. The fourth-order valence-electron chi connectivity index (χ4n) is 0.783. The average molecular weight is 133 g/mol. The predicted octanol–water partition coefficient (Wildman–Crippen LogP) is 1.92. The van der Waals surface area contributed by atoms with Crippen LogP contribution in [0.25, 0.3) is 0 Å². The lowest BCUT2D eigenvalue weighted by Crippen LogP contribution is -1.79. The van der Waals surface area contributed by atoms with Gasteiger partial charge in [-0.05, 0) is 12.0 Å². The van der Waals surface area contributed by atoms with E-state index in [4.69, 9.17) is 5.11 Å². The van der Waals surface area contributed by atoms with Crippen LogP contribution < -0.4 is 0 Å². The van der Waals surface area contributed by atoms with E-state index in [1.54, 1.807) is 12.1 Å². The molecule has 0 saturated heterocycles. The van der Waals surface area contributed by atoms with Crippen molar-refractivity contribution in [1.29, 1.82) is 0 Å². The maximum atomic E-state index is 9.14. The number of phenols is 1. The van der Waals surface area contributed by atoms with Gasteiger partial charge in [-0.25, -0.2) is 0 Å². The van der Waals surface area contributed by atoms with E-state index in [-0.39, 0.29) is 5.75 Å². The summed E-state index contributed by atoms with van der Waals surface area (Å²) in [6.45, 7) is 3.57. The number of rotatable bonds is 2. The van der Waals surface area contributed by atoms with Gasteiger partial charge in [-0.1, -0.05) is 24.3 Å². The molecule has 0 spiro atoms. The van der Waals surface area contributed by atoms with Crippen molar-refractivity contribution in [1.82, 2.24) is 0 Å². The molecule has 0 atom stereocenters. The third kappa shape index (κ3) is 1.38. The Morgan fingerprint density at radius 3 is 3.10 bits per heavy atom. The highest BCUT2D eigenvalue weighted by Crippen LogP contribution is 2.14. The number of benzene rings is 1. The first-order valence-corrected chi connectivity index (χ1v) is 3.14. The maximum Gasteiger partial charge on any atom is 0.127 e. The Kier molecular flexibility index (Phi) is 2.11. The van der Waals surface area contributed by atoms with Crippen LogP contribution in [0.15, 0.2) is 30.9 Å². The summed E-state index contributed by atoms with van der Waals surface area (Å²) < 4.78 is 0. The van der Waals surface area contributed by atoms with Crippen LogP contribution in [0.4, 0.5) is 0 Å². The van der Waals surface area contributed by atoms with Crippen molar-refractivity contribution in [3.63, 3.8) is 0 Å². The molecule has 0 heterocycles. The largest absolute Gasteiger partial charge is 0.507 e. The number of aromatic hydroxyl groups is 1. The van der Waals surface area contributed by atoms with Gasteiger partial charge < -0.3 is 5.11 Å². The molecule has 0 aliphatic heterocycles. The zero-order valence-electron chi connectivity index (χ0n) is 5.67. The van der Waals surface area contributed by atoms with E-state index in [0.29, 0.717) is 6.42 Å². The molecule has 0 fully saturated rings. The van der Waals surface area contributed by atoms with Gasteiger partial charge in [-0.15, -0.1) is 6.58 Å². The molecule has 0 aliphatic rings. The molecule has 1 aromatic rings. The first-order valence-electron chi connectivity index (χ1n) is 3.14. The van der Waals surface area contributed by atoms with Gasteiger partial charge in [0.1, 0.15) is 5.75 Å². The summed E-state index contributed by atoms with van der Waals surface area (Å²) in [4.78, 5) is 0. The Hall–Kier alpha value is -1.24. The van der Waals surface area contributed by atoms with Crippen LogP contribution in [0.1, 0.15) is 5.56 Å². The monoisotopic (exact) mass is 133 g/mol. The lowest BCUT2D eigenvalue weighted by atomic mass is 10.1. The molecule has 1 radical (unpaired) electrons. The van der Waals surface area contributed by atoms with E-state index in [1.165, 1.54) is 0 Å². The summed E-state index contributed by atoms with van der Waals surface area (Å²) in [5.74, 6) is 0.224. The van der Waals surface area contributed by atoms with Crippen molar-refractivity contribution in [2.45, 2.75) is 6.42 Å². The van der Waals surface area contributed by atoms with Crippen molar-refractivity contribution in [3.05, 3.63) is 42.5 Å². The molecule has 1 N–H and O–H groups in total. The molecule has 1 nitrogen and oxygen atoms in total. The molecule has 0 unspecified atom stereocenters. The van der Waals surface area contributed by atoms with Gasteiger partial charge in [0, 0.05) is 6.07 Å². The Morgan fingerprint density at radius 1 is 1.70 bits per heavy atom. The van der Waals surface area contributed by atoms with E-state index in [2.05, 4.69) is 12.6 Å². The zero-order valence-corrected chi connectivity index (χ0v) is 5.67. The summed E-state index contributed by atoms with van der Waals surface area (Å²) in [6.07, 6.45) is 2.45. The van der Waals surface area contributed by atoms with Crippen molar-refractivity contribution >= 4 is 0 Å². The maximum absolute atomic E-state index is 9.14. The summed E-state index contributed by atoms with van der Waals surface area (Å²) in [5.41, 5.74) is 0.873. The standard InChI is InChI=1S/C9H9O/c1-2-5-8-6-3-4-7-9(8)10/h2-4,6,10H,1,5H2. The average Bonchev–Trinajstić information content (AvgIpc) is 1.94. The van der Waals surface area contributed by atoms with Crippen molar-refractivity contribution < 1.29 is 5.11 Å². The highest BCUT2D eigenvalue weighted by atomic mass is 16.3. The van der Waals surface area contributed by atoms with Gasteiger partial charge in [0.05, 0.1) is 0 Å². The second kappa shape index (κ2) is 3.06. The van der Waals surface area contributed by atoms with E-state index in [1.807, 2.05) is 12.1 Å². The number of para-hydroxylation sites is 1. The Labute approximate surface area is 60.6 Å². The van der Waals surface area contributed by atoms with Crippen LogP contribution >= 0.6 is 0 Å². The lowest BCUT2D eigenvalue weighted by molar-refractivity contribution is 0.468. The Balaban J connectivity index is 2.91. The molecule has 0 aromatic heterocycles. The molecule has 1 heteroatoms. The molecule has 51 valence electrons. The van der Waals surface area contributed by atoms with Crippen LogP contribution in [0.3, 0.4) is 0 Å². The number of allylic oxidation sites excluding steroid dienone is 1. The van der Waals surface area contributed by atoms with Gasteiger partial charge in [-0.2, -0.15) is 0 Å². The normalized spacial score (nSPS) is 9.20. The van der Waals surface area contributed by atoms with E-state index < -0.39 is 0 Å². The molecular formula is C9H9O. The minimum Gasteiger partial charge on any atom is -0.507 e. The van der Waals surface area contributed by atoms with Crippen LogP contribution in [0.2, 0.25) is 0 Å². The summed E-state index contributed by atoms with van der Waals surface area (Å²) in [5, 5.41) is 9.14. The molecule has 0 saturated carbocycles. The van der Waals surface area contributed by atoms with Crippen molar-refractivity contribution in [3.8, 4) is 5.75 Å². The third-order valence-corrected chi connectivity index (χ3v) is 1.28. The highest BCUT2D eigenvalue weighted by molar-refractivity contribution is 5.31. The fourth-order valence-corrected chi connectivity index (χ4v) is 0.783.